The number of hydrogen-bond donors (Lipinski definition) is 2. The van der Waals surface area contributed by atoms with E-state index in [4.69, 9.17) is 17.4 Å². The summed E-state index contributed by atoms with van der Waals surface area (Å²) in [6.07, 6.45) is 0.764. The van der Waals surface area contributed by atoms with Gasteiger partial charge in [-0.05, 0) is 12.8 Å². The molecule has 1 aliphatic rings. The van der Waals surface area contributed by atoms with Crippen LogP contribution in [0.1, 0.15) is 20.3 Å². The molecule has 0 fully saturated rings. The van der Waals surface area contributed by atoms with Crippen molar-refractivity contribution in [3.8, 4) is 11.8 Å². The number of guanidine groups is 1. The Morgan fingerprint density at radius 3 is 3.00 bits per heavy atom. The Balaban J connectivity index is 2.86. The van der Waals surface area contributed by atoms with Crippen LogP contribution in [0.25, 0.3) is 0 Å². The van der Waals surface area contributed by atoms with Crippen molar-refractivity contribution in [3.05, 3.63) is 0 Å². The molecule has 5 nitrogen and oxygen atoms in total. The van der Waals surface area contributed by atoms with Crippen molar-refractivity contribution in [2.24, 2.45) is 15.8 Å². The fourth-order valence-electron chi connectivity index (χ4n) is 0.979. The highest BCUT2D eigenvalue weighted by Crippen LogP contribution is 2.06. The average molecular weight is 228 g/mol. The lowest BCUT2D eigenvalue weighted by atomic mass is 10.4. The van der Waals surface area contributed by atoms with E-state index < -0.39 is 5.62 Å². The van der Waals surface area contributed by atoms with Crippen LogP contribution in [-0.2, 0) is 0 Å². The minimum Gasteiger partial charge on any atom is -0.303 e. The molecule has 1 atom stereocenters. The highest BCUT2D eigenvalue weighted by atomic mass is 35.5. The number of nitrogens with one attached hydrogen (secondary N) is 1. The molecular weight excluding hydrogens is 214 g/mol. The van der Waals surface area contributed by atoms with Gasteiger partial charge in [0.05, 0.1) is 0 Å². The smallest absolute Gasteiger partial charge is 0.217 e. The van der Waals surface area contributed by atoms with E-state index >= 15 is 0 Å². The molecule has 0 saturated carbocycles. The first-order valence-corrected chi connectivity index (χ1v) is 5.18. The summed E-state index contributed by atoms with van der Waals surface area (Å²) >= 11 is 5.90. The quantitative estimate of drug-likeness (QED) is 0.296. The third-order valence-corrected chi connectivity index (χ3v) is 1.94. The molecule has 0 aromatic rings. The van der Waals surface area contributed by atoms with E-state index in [2.05, 4.69) is 27.1 Å². The van der Waals surface area contributed by atoms with Gasteiger partial charge >= 0.3 is 0 Å². The molecule has 0 bridgehead atoms. The van der Waals surface area contributed by atoms with Crippen LogP contribution in [0.2, 0.25) is 0 Å². The summed E-state index contributed by atoms with van der Waals surface area (Å²) in [5, 5.41) is 4.18. The summed E-state index contributed by atoms with van der Waals surface area (Å²) in [6.45, 7) is 4.49. The molecule has 0 spiro atoms. The van der Waals surface area contributed by atoms with Gasteiger partial charge in [0.15, 0.2) is 5.84 Å². The Bertz CT molecular complexity index is 338. The Kier molecular flexibility index (Phi) is 4.40. The van der Waals surface area contributed by atoms with Crippen LogP contribution in [0, 0.1) is 11.8 Å². The van der Waals surface area contributed by atoms with E-state index in [9.17, 15) is 0 Å². The van der Waals surface area contributed by atoms with Gasteiger partial charge < -0.3 is 5.32 Å². The summed E-state index contributed by atoms with van der Waals surface area (Å²) in [6, 6.07) is 0. The van der Waals surface area contributed by atoms with Gasteiger partial charge in [0.25, 0.3) is 0 Å². The van der Waals surface area contributed by atoms with E-state index in [1.165, 1.54) is 5.01 Å². The topological polar surface area (TPSA) is 66.0 Å². The molecule has 6 heteroatoms. The summed E-state index contributed by atoms with van der Waals surface area (Å²) < 4.78 is 0. The predicted octanol–water partition coefficient (Wildman–Crippen LogP) is 0.476. The Morgan fingerprint density at radius 1 is 1.67 bits per heavy atom. The fraction of sp³-hybridized carbons (Fsp3) is 0.556. The second-order valence-electron chi connectivity index (χ2n) is 2.77. The van der Waals surface area contributed by atoms with Gasteiger partial charge in [-0.1, -0.05) is 24.4 Å². The molecule has 0 radical (unpaired) electrons. The molecule has 1 aliphatic heterocycles. The fourth-order valence-corrected chi connectivity index (χ4v) is 1.17. The molecule has 3 N–H and O–H groups in total. The number of nitrogens with zero attached hydrogens (tertiary/aromatic N) is 3. The summed E-state index contributed by atoms with van der Waals surface area (Å²) in [5.41, 5.74) is -0.655. The van der Waals surface area contributed by atoms with Gasteiger partial charge in [-0.2, -0.15) is 0 Å². The van der Waals surface area contributed by atoms with Crippen LogP contribution < -0.4 is 11.2 Å². The lowest BCUT2D eigenvalue weighted by Gasteiger charge is -2.27. The molecule has 0 saturated heterocycles. The molecule has 0 aromatic carbocycles. The van der Waals surface area contributed by atoms with Crippen molar-refractivity contribution in [2.75, 3.05) is 6.54 Å². The number of halogens is 1. The third kappa shape index (κ3) is 3.11. The monoisotopic (exact) mass is 227 g/mol. The summed E-state index contributed by atoms with van der Waals surface area (Å²) in [4.78, 5) is 8.20. The van der Waals surface area contributed by atoms with Gasteiger partial charge in [0.1, 0.15) is 0 Å². The number of rotatable bonds is 1. The lowest BCUT2D eigenvalue weighted by molar-refractivity contribution is 0.395. The first-order chi connectivity index (χ1) is 7.19. The van der Waals surface area contributed by atoms with E-state index in [0.717, 1.165) is 6.42 Å². The highest BCUT2D eigenvalue weighted by molar-refractivity contribution is 6.24. The number of aliphatic imine (C=N–C) groups is 2. The van der Waals surface area contributed by atoms with Gasteiger partial charge in [0.2, 0.25) is 11.6 Å². The van der Waals surface area contributed by atoms with Gasteiger partial charge in [-0.25, -0.2) is 15.8 Å². The zero-order valence-electron chi connectivity index (χ0n) is 8.79. The molecule has 0 aromatic heterocycles. The van der Waals surface area contributed by atoms with Crippen LogP contribution in [0.5, 0.6) is 0 Å². The van der Waals surface area contributed by atoms with Crippen molar-refractivity contribution in [2.45, 2.75) is 25.9 Å². The van der Waals surface area contributed by atoms with E-state index in [1.54, 1.807) is 0 Å². The normalized spacial score (nSPS) is 22.9. The van der Waals surface area contributed by atoms with Crippen molar-refractivity contribution in [3.63, 3.8) is 0 Å². The summed E-state index contributed by atoms with van der Waals surface area (Å²) in [7, 11) is 0. The number of hydrogen-bond acceptors (Lipinski definition) is 3. The second kappa shape index (κ2) is 5.59. The van der Waals surface area contributed by atoms with Crippen LogP contribution in [0.3, 0.4) is 0 Å². The maximum absolute atomic E-state index is 5.90. The minimum atomic E-state index is -0.655. The number of hydrazine groups is 1. The molecule has 1 rings (SSSR count). The maximum atomic E-state index is 5.90. The minimum absolute atomic E-state index is 0.493. The van der Waals surface area contributed by atoms with E-state index in [-0.39, 0.29) is 0 Å². The first-order valence-electron chi connectivity index (χ1n) is 4.75. The van der Waals surface area contributed by atoms with Crippen LogP contribution >= 0.6 is 11.6 Å². The highest BCUT2D eigenvalue weighted by Gasteiger charge is 2.22. The summed E-state index contributed by atoms with van der Waals surface area (Å²) in [5.74, 6) is 12.4. The van der Waals surface area contributed by atoms with Crippen molar-refractivity contribution >= 4 is 23.4 Å². The molecule has 1 heterocycles. The van der Waals surface area contributed by atoms with Crippen molar-refractivity contribution in [1.29, 1.82) is 0 Å². The number of nitrogens with two attached hydrogens (primary N) is 1. The van der Waals surface area contributed by atoms with Gasteiger partial charge in [-0.3, -0.25) is 4.99 Å². The molecule has 0 amide bonds. The van der Waals surface area contributed by atoms with Crippen molar-refractivity contribution < 1.29 is 0 Å². The van der Waals surface area contributed by atoms with Crippen LogP contribution in [0.15, 0.2) is 9.98 Å². The third-order valence-electron chi connectivity index (χ3n) is 1.63. The zero-order valence-corrected chi connectivity index (χ0v) is 9.54. The lowest BCUT2D eigenvalue weighted by Crippen LogP contribution is -2.54. The van der Waals surface area contributed by atoms with E-state index in [1.807, 2.05) is 13.8 Å². The first kappa shape index (κ1) is 11.8. The Morgan fingerprint density at radius 2 is 2.40 bits per heavy atom. The molecule has 1 unspecified atom stereocenters. The van der Waals surface area contributed by atoms with Gasteiger partial charge in [-0.15, -0.1) is 0 Å². The number of amidine groups is 1. The number of alkyl halides is 1. The Labute approximate surface area is 94.4 Å². The average Bonchev–Trinajstić information content (AvgIpc) is 2.22. The predicted molar refractivity (Wildman–Crippen MR) is 62.3 cm³/mol. The molecule has 82 valence electrons. The zero-order chi connectivity index (χ0) is 11.3. The van der Waals surface area contributed by atoms with Gasteiger partial charge in [0, 0.05) is 13.0 Å². The van der Waals surface area contributed by atoms with Crippen LogP contribution in [0.4, 0.5) is 0 Å². The standard InChI is InChI=1S/C9H14ClN5/c1-3-5-6-7-13-8(10)15(11)9(14-7)12-4-2/h8H,3-4,11H2,1-2H3,(H,12,13,14). The second-order valence-corrected chi connectivity index (χ2v) is 3.16. The maximum Gasteiger partial charge on any atom is 0.217 e. The Hall–Kier alpha value is -1.25. The van der Waals surface area contributed by atoms with E-state index in [0.29, 0.717) is 18.3 Å². The SMILES string of the molecule is CCC#CC1=NC(Cl)N(N)C(=NCC)N1. The van der Waals surface area contributed by atoms with Crippen molar-refractivity contribution in [1.82, 2.24) is 10.3 Å². The molecule has 0 aliphatic carbocycles. The molecule has 15 heavy (non-hydrogen) atoms. The molecular formula is C9H14ClN5. The largest absolute Gasteiger partial charge is 0.303 e. The van der Waals surface area contributed by atoms with Crippen LogP contribution in [-0.4, -0.2) is 29.0 Å².